The predicted octanol–water partition coefficient (Wildman–Crippen LogP) is 1.31. The lowest BCUT2D eigenvalue weighted by molar-refractivity contribution is 0.265. The second kappa shape index (κ2) is 4.60. The van der Waals surface area contributed by atoms with Crippen LogP contribution in [0.2, 0.25) is 0 Å². The summed E-state index contributed by atoms with van der Waals surface area (Å²) in [6.45, 7) is 0.265. The standard InChI is InChI=1S/C9H12BrNO/c10-9-4-2-1-3-7(9)5-8(11)6-12/h1-4,8,12H,5-6,11H2/t8-/m1/s1/i12D. The second-order valence-electron chi connectivity index (χ2n) is 2.72. The largest absolute Gasteiger partial charge is 0.395 e. The molecule has 0 aliphatic rings. The summed E-state index contributed by atoms with van der Waals surface area (Å²) in [6, 6.07) is 7.79. The number of aliphatic hydroxyl groups is 1. The Morgan fingerprint density at radius 1 is 1.58 bits per heavy atom. The van der Waals surface area contributed by atoms with Gasteiger partial charge in [0.05, 0.1) is 6.61 Å². The van der Waals surface area contributed by atoms with Crippen LogP contribution in [0.25, 0.3) is 0 Å². The molecule has 1 rings (SSSR count). The van der Waals surface area contributed by atoms with Crippen LogP contribution in [0.4, 0.5) is 0 Å². The topological polar surface area (TPSA) is 46.2 Å². The Labute approximate surface area is 82.0 Å². The molecule has 0 radical (unpaired) electrons. The Morgan fingerprint density at radius 2 is 2.33 bits per heavy atom. The summed E-state index contributed by atoms with van der Waals surface area (Å²) in [7, 11) is 0. The zero-order chi connectivity index (χ0) is 9.68. The molecular weight excluding hydrogens is 218 g/mol. The molecule has 0 bridgehead atoms. The lowest BCUT2D eigenvalue weighted by Gasteiger charge is -2.08. The van der Waals surface area contributed by atoms with E-state index in [-0.39, 0.29) is 12.6 Å². The lowest BCUT2D eigenvalue weighted by Crippen LogP contribution is -2.26. The molecule has 0 aromatic heterocycles. The van der Waals surface area contributed by atoms with Gasteiger partial charge in [0.2, 0.25) is 1.43 Å². The van der Waals surface area contributed by atoms with Crippen molar-refractivity contribution in [3.63, 3.8) is 0 Å². The molecule has 66 valence electrons. The third-order valence-corrected chi connectivity index (χ3v) is 2.43. The minimum Gasteiger partial charge on any atom is -0.395 e. The monoisotopic (exact) mass is 230 g/mol. The number of nitrogens with two attached hydrogens (primary N) is 1. The lowest BCUT2D eigenvalue weighted by atomic mass is 10.1. The Morgan fingerprint density at radius 3 is 3.00 bits per heavy atom. The fourth-order valence-corrected chi connectivity index (χ4v) is 1.45. The predicted molar refractivity (Wildman–Crippen MR) is 52.9 cm³/mol. The number of halogens is 1. The van der Waals surface area contributed by atoms with Crippen molar-refractivity contribution in [1.82, 2.24) is 0 Å². The molecule has 3 heteroatoms. The van der Waals surface area contributed by atoms with Crippen molar-refractivity contribution >= 4 is 15.9 Å². The Balaban J connectivity index is 2.58. The van der Waals surface area contributed by atoms with E-state index in [9.17, 15) is 0 Å². The number of hydrogen-bond donors (Lipinski definition) is 2. The summed E-state index contributed by atoms with van der Waals surface area (Å²) >= 11 is 3.43. The normalized spacial score (nSPS) is 14.0. The van der Waals surface area contributed by atoms with Crippen molar-refractivity contribution in [3.05, 3.63) is 34.3 Å². The molecule has 0 aliphatic heterocycles. The maximum absolute atomic E-state index is 6.56. The van der Waals surface area contributed by atoms with Crippen LogP contribution >= 0.6 is 15.9 Å². The summed E-state index contributed by atoms with van der Waals surface area (Å²) in [5, 5.41) is 4.23. The summed E-state index contributed by atoms with van der Waals surface area (Å²) in [4.78, 5) is 0. The van der Waals surface area contributed by atoms with Gasteiger partial charge in [0.1, 0.15) is 0 Å². The minimum atomic E-state index is -0.115. The molecule has 0 unspecified atom stereocenters. The molecule has 2 nitrogen and oxygen atoms in total. The Bertz CT molecular complexity index is 270. The van der Waals surface area contributed by atoms with E-state index in [1.807, 2.05) is 24.3 Å². The molecule has 0 fully saturated rings. The van der Waals surface area contributed by atoms with Gasteiger partial charge in [-0.25, -0.2) is 0 Å². The highest BCUT2D eigenvalue weighted by Gasteiger charge is 2.04. The van der Waals surface area contributed by atoms with Crippen molar-refractivity contribution in [1.29, 1.82) is 1.43 Å². The number of rotatable bonds is 4. The summed E-state index contributed by atoms with van der Waals surface area (Å²) in [5.41, 5.74) is 6.86. The number of aliphatic hydroxyl groups excluding tert-OH is 1. The van der Waals surface area contributed by atoms with Gasteiger partial charge in [-0.15, -0.1) is 0 Å². The first-order chi connectivity index (χ1) is 6.24. The number of benzene rings is 1. The van der Waals surface area contributed by atoms with Gasteiger partial charge in [-0.05, 0) is 18.1 Å². The molecule has 0 aliphatic carbocycles. The van der Waals surface area contributed by atoms with Gasteiger partial charge < -0.3 is 10.8 Å². The van der Waals surface area contributed by atoms with Crippen LogP contribution < -0.4 is 5.73 Å². The molecule has 0 saturated heterocycles. The second-order valence-corrected chi connectivity index (χ2v) is 3.58. The Kier molecular flexibility index (Phi) is 3.15. The zero-order valence-corrected chi connectivity index (χ0v) is 8.25. The van der Waals surface area contributed by atoms with Crippen LogP contribution in [0.15, 0.2) is 28.7 Å². The van der Waals surface area contributed by atoms with E-state index in [0.717, 1.165) is 16.5 Å². The van der Waals surface area contributed by atoms with E-state index in [0.29, 0.717) is 0 Å². The van der Waals surface area contributed by atoms with Gasteiger partial charge in [-0.1, -0.05) is 34.1 Å². The molecule has 3 N–H and O–H groups in total. The zero-order valence-electron chi connectivity index (χ0n) is 7.66. The molecule has 1 atom stereocenters. The van der Waals surface area contributed by atoms with Crippen LogP contribution in [0.1, 0.15) is 5.56 Å². The van der Waals surface area contributed by atoms with E-state index in [1.165, 1.54) is 0 Å². The van der Waals surface area contributed by atoms with Gasteiger partial charge in [0.15, 0.2) is 0 Å². The minimum absolute atomic E-state index is 0.115. The van der Waals surface area contributed by atoms with Crippen LogP contribution in [-0.4, -0.2) is 19.2 Å². The molecular formula is C9H12BrNO. The molecule has 1 aromatic rings. The average Bonchev–Trinajstić information content (AvgIpc) is 2.09. The van der Waals surface area contributed by atoms with Crippen molar-refractivity contribution in [2.24, 2.45) is 5.73 Å². The van der Waals surface area contributed by atoms with Crippen LogP contribution in [0.3, 0.4) is 0 Å². The third-order valence-electron chi connectivity index (χ3n) is 1.65. The van der Waals surface area contributed by atoms with Gasteiger partial charge in [0.25, 0.3) is 0 Å². The first-order valence-corrected chi connectivity index (χ1v) is 4.60. The first kappa shape index (κ1) is 8.23. The van der Waals surface area contributed by atoms with E-state index in [1.54, 1.807) is 0 Å². The quantitative estimate of drug-likeness (QED) is 0.820. The van der Waals surface area contributed by atoms with E-state index < -0.39 is 0 Å². The van der Waals surface area contributed by atoms with Gasteiger partial charge in [-0.3, -0.25) is 0 Å². The summed E-state index contributed by atoms with van der Waals surface area (Å²) in [5.74, 6) is 0. The highest BCUT2D eigenvalue weighted by atomic mass is 79.9. The summed E-state index contributed by atoms with van der Waals surface area (Å²) in [6.07, 6.45) is 0.723. The molecule has 1 aromatic carbocycles. The highest BCUT2D eigenvalue weighted by molar-refractivity contribution is 9.10. The van der Waals surface area contributed by atoms with Crippen molar-refractivity contribution in [2.75, 3.05) is 6.61 Å². The Hall–Kier alpha value is -0.380. The van der Waals surface area contributed by atoms with Gasteiger partial charge >= 0.3 is 0 Å². The van der Waals surface area contributed by atoms with Gasteiger partial charge in [-0.2, -0.15) is 0 Å². The van der Waals surface area contributed by atoms with E-state index in [2.05, 4.69) is 21.0 Å². The first-order valence-electron chi connectivity index (χ1n) is 4.22. The molecule has 0 saturated carbocycles. The average molecular weight is 231 g/mol. The van der Waals surface area contributed by atoms with Crippen LogP contribution in [0, 0.1) is 0 Å². The van der Waals surface area contributed by atoms with Crippen LogP contribution in [0.5, 0.6) is 0 Å². The SMILES string of the molecule is [2H]OC[C@H](N)Cc1ccccc1Br. The molecule has 0 amide bonds. The fourth-order valence-electron chi connectivity index (χ4n) is 1.01. The van der Waals surface area contributed by atoms with Crippen molar-refractivity contribution in [3.8, 4) is 0 Å². The van der Waals surface area contributed by atoms with E-state index in [4.69, 9.17) is 7.16 Å². The fraction of sp³-hybridized carbons (Fsp3) is 0.333. The maximum Gasteiger partial charge on any atom is 0.210 e. The summed E-state index contributed by atoms with van der Waals surface area (Å²) < 4.78 is 7.61. The van der Waals surface area contributed by atoms with Crippen molar-refractivity contribution < 1.29 is 5.11 Å². The molecule has 12 heavy (non-hydrogen) atoms. The number of hydrogen-bond acceptors (Lipinski definition) is 2. The smallest absolute Gasteiger partial charge is 0.210 e. The van der Waals surface area contributed by atoms with E-state index >= 15 is 0 Å². The molecule has 0 spiro atoms. The highest BCUT2D eigenvalue weighted by Crippen LogP contribution is 2.16. The maximum atomic E-state index is 6.56. The van der Waals surface area contributed by atoms with Crippen LogP contribution in [-0.2, 0) is 6.42 Å². The van der Waals surface area contributed by atoms with Crippen molar-refractivity contribution in [2.45, 2.75) is 12.5 Å². The molecule has 0 heterocycles. The van der Waals surface area contributed by atoms with Gasteiger partial charge in [0, 0.05) is 10.5 Å². The third kappa shape index (κ3) is 2.59.